The third-order valence-electron chi connectivity index (χ3n) is 3.14. The van der Waals surface area contributed by atoms with Gasteiger partial charge in [0.05, 0.1) is 12.4 Å². The maximum Gasteiger partial charge on any atom is 0.302 e. The number of aliphatic hydroxyl groups is 1. The minimum absolute atomic E-state index is 0.00984. The third-order valence-corrected chi connectivity index (χ3v) is 4.51. The summed E-state index contributed by atoms with van der Waals surface area (Å²) in [4.78, 5) is 13.3. The van der Waals surface area contributed by atoms with Crippen molar-refractivity contribution >= 4 is 37.7 Å². The Morgan fingerprint density at radius 1 is 1.45 bits per heavy atom. The number of halogens is 2. The summed E-state index contributed by atoms with van der Waals surface area (Å²) in [6.07, 6.45) is -0.00984. The Morgan fingerprint density at radius 2 is 2.15 bits per heavy atom. The number of nitrogens with zero attached hydrogens (tertiary/aromatic N) is 1. The fourth-order valence-corrected chi connectivity index (χ4v) is 3.55. The molecular weight excluding hydrogens is 353 g/mol. The largest absolute Gasteiger partial charge is 0.392 e. The van der Waals surface area contributed by atoms with Gasteiger partial charge in [-0.15, -0.1) is 3.89 Å². The summed E-state index contributed by atoms with van der Waals surface area (Å²) >= 11 is 3.27. The van der Waals surface area contributed by atoms with Crippen molar-refractivity contribution in [1.82, 2.24) is 0 Å². The predicted octanol–water partition coefficient (Wildman–Crippen LogP) is 1.59. The number of carbonyl (C=O) groups excluding carboxylic acids is 1. The molecule has 1 atom stereocenters. The van der Waals surface area contributed by atoms with Crippen molar-refractivity contribution in [2.45, 2.75) is 13.0 Å². The van der Waals surface area contributed by atoms with Crippen LogP contribution in [0.4, 0.5) is 9.57 Å². The number of benzene rings is 1. The van der Waals surface area contributed by atoms with Gasteiger partial charge in [-0.3, -0.25) is 4.79 Å². The maximum atomic E-state index is 12.7. The molecule has 1 aromatic carbocycles. The highest BCUT2D eigenvalue weighted by molar-refractivity contribution is 9.10. The van der Waals surface area contributed by atoms with E-state index in [1.165, 1.54) is 4.90 Å². The van der Waals surface area contributed by atoms with Gasteiger partial charge in [0.15, 0.2) is 0 Å². The molecular formula is C12H13BrFNO4S. The van der Waals surface area contributed by atoms with Crippen molar-refractivity contribution in [3.63, 3.8) is 0 Å². The molecule has 20 heavy (non-hydrogen) atoms. The van der Waals surface area contributed by atoms with E-state index in [9.17, 15) is 22.2 Å². The van der Waals surface area contributed by atoms with Gasteiger partial charge in [-0.2, -0.15) is 8.42 Å². The normalized spacial score (nSPS) is 19.6. The molecule has 1 fully saturated rings. The highest BCUT2D eigenvalue weighted by atomic mass is 79.9. The van der Waals surface area contributed by atoms with Gasteiger partial charge in [0.1, 0.15) is 0 Å². The molecule has 1 N–H and O–H groups in total. The van der Waals surface area contributed by atoms with Gasteiger partial charge < -0.3 is 10.0 Å². The summed E-state index contributed by atoms with van der Waals surface area (Å²) in [6, 6.07) is 5.07. The number of anilines is 1. The first-order chi connectivity index (χ1) is 9.30. The first-order valence-corrected chi connectivity index (χ1v) is 8.26. The lowest BCUT2D eigenvalue weighted by Gasteiger charge is -2.19. The Hall–Kier alpha value is -0.990. The van der Waals surface area contributed by atoms with E-state index in [1.807, 2.05) is 0 Å². The van der Waals surface area contributed by atoms with Gasteiger partial charge in [0.25, 0.3) is 0 Å². The lowest BCUT2D eigenvalue weighted by atomic mass is 10.1. The van der Waals surface area contributed by atoms with Crippen LogP contribution in [0, 0.1) is 5.92 Å². The molecule has 0 aromatic heterocycles. The minimum atomic E-state index is -4.59. The number of hydrogen-bond donors (Lipinski definition) is 1. The maximum absolute atomic E-state index is 12.7. The summed E-state index contributed by atoms with van der Waals surface area (Å²) in [6.45, 7) is -0.110. The molecule has 1 aliphatic rings. The van der Waals surface area contributed by atoms with Gasteiger partial charge in [-0.25, -0.2) is 0 Å². The van der Waals surface area contributed by atoms with Gasteiger partial charge in [0, 0.05) is 34.6 Å². The first-order valence-electron chi connectivity index (χ1n) is 5.92. The van der Waals surface area contributed by atoms with Crippen LogP contribution >= 0.6 is 15.9 Å². The average Bonchev–Trinajstić information content (AvgIpc) is 2.67. The lowest BCUT2D eigenvalue weighted by molar-refractivity contribution is -0.117. The molecule has 8 heteroatoms. The number of rotatable bonds is 4. The summed E-state index contributed by atoms with van der Waals surface area (Å²) < 4.78 is 34.8. The molecule has 1 aliphatic heterocycles. The van der Waals surface area contributed by atoms with Crippen LogP contribution in [0.25, 0.3) is 0 Å². The van der Waals surface area contributed by atoms with Crippen LogP contribution in [-0.2, 0) is 21.6 Å². The number of carbonyl (C=O) groups is 1. The number of amides is 1. The van der Waals surface area contributed by atoms with Gasteiger partial charge in [-0.05, 0) is 18.2 Å². The second-order valence-electron chi connectivity index (χ2n) is 4.71. The zero-order chi connectivity index (χ0) is 14.9. The topological polar surface area (TPSA) is 74.7 Å². The van der Waals surface area contributed by atoms with Crippen molar-refractivity contribution in [3.8, 4) is 0 Å². The fourth-order valence-electron chi connectivity index (χ4n) is 2.35. The Morgan fingerprint density at radius 3 is 2.75 bits per heavy atom. The molecule has 1 unspecified atom stereocenters. The highest BCUT2D eigenvalue weighted by Crippen LogP contribution is 2.30. The van der Waals surface area contributed by atoms with Gasteiger partial charge >= 0.3 is 10.2 Å². The summed E-state index contributed by atoms with van der Waals surface area (Å²) in [5.74, 6) is -1.48. The SMILES string of the molecule is O=C1CC(CS(=O)(=O)F)CN1c1ccc(Br)cc1CO. The summed E-state index contributed by atoms with van der Waals surface area (Å²) in [7, 11) is -4.59. The summed E-state index contributed by atoms with van der Waals surface area (Å²) in [5.41, 5.74) is 1.08. The Bertz CT molecular complexity index is 634. The Balaban J connectivity index is 2.24. The van der Waals surface area contributed by atoms with Crippen LogP contribution in [0.2, 0.25) is 0 Å². The van der Waals surface area contributed by atoms with E-state index in [0.29, 0.717) is 11.3 Å². The molecule has 0 spiro atoms. The molecule has 5 nitrogen and oxygen atoms in total. The highest BCUT2D eigenvalue weighted by Gasteiger charge is 2.34. The van der Waals surface area contributed by atoms with Crippen LogP contribution in [0.3, 0.4) is 0 Å². The van der Waals surface area contributed by atoms with Gasteiger partial charge in [-0.1, -0.05) is 15.9 Å². The minimum Gasteiger partial charge on any atom is -0.392 e. The second-order valence-corrected chi connectivity index (χ2v) is 7.04. The molecule has 1 saturated heterocycles. The van der Waals surface area contributed by atoms with Gasteiger partial charge in [0.2, 0.25) is 5.91 Å². The van der Waals surface area contributed by atoms with Crippen molar-refractivity contribution in [3.05, 3.63) is 28.2 Å². The third kappa shape index (κ3) is 3.56. The zero-order valence-corrected chi connectivity index (χ0v) is 12.8. The van der Waals surface area contributed by atoms with E-state index in [-0.39, 0.29) is 25.5 Å². The van der Waals surface area contributed by atoms with Crippen LogP contribution in [0.5, 0.6) is 0 Å². The van der Waals surface area contributed by atoms with E-state index in [4.69, 9.17) is 0 Å². The van der Waals surface area contributed by atoms with Crippen molar-refractivity contribution < 1.29 is 22.2 Å². The molecule has 1 aromatic rings. The van der Waals surface area contributed by atoms with E-state index < -0.39 is 21.9 Å². The first kappa shape index (κ1) is 15.4. The Kier molecular flexibility index (Phi) is 4.46. The monoisotopic (exact) mass is 365 g/mol. The summed E-state index contributed by atoms with van der Waals surface area (Å²) in [5, 5.41) is 9.33. The van der Waals surface area contributed by atoms with Crippen LogP contribution in [0.1, 0.15) is 12.0 Å². The van der Waals surface area contributed by atoms with E-state index in [0.717, 1.165) is 4.47 Å². The molecule has 0 aliphatic carbocycles. The second kappa shape index (κ2) is 5.79. The smallest absolute Gasteiger partial charge is 0.302 e. The Labute approximate surface area is 124 Å². The van der Waals surface area contributed by atoms with Crippen LogP contribution < -0.4 is 4.90 Å². The van der Waals surface area contributed by atoms with Crippen molar-refractivity contribution in [2.75, 3.05) is 17.2 Å². The quantitative estimate of drug-likeness (QED) is 0.822. The molecule has 0 radical (unpaired) electrons. The fraction of sp³-hybridized carbons (Fsp3) is 0.417. The average molecular weight is 366 g/mol. The van der Waals surface area contributed by atoms with E-state index in [2.05, 4.69) is 15.9 Å². The number of hydrogen-bond acceptors (Lipinski definition) is 4. The molecule has 0 bridgehead atoms. The van der Waals surface area contributed by atoms with Crippen molar-refractivity contribution in [1.29, 1.82) is 0 Å². The molecule has 110 valence electrons. The van der Waals surface area contributed by atoms with E-state index in [1.54, 1.807) is 18.2 Å². The van der Waals surface area contributed by atoms with Crippen molar-refractivity contribution in [2.24, 2.45) is 5.92 Å². The van der Waals surface area contributed by atoms with Crippen LogP contribution in [0.15, 0.2) is 22.7 Å². The van der Waals surface area contributed by atoms with E-state index >= 15 is 0 Å². The molecule has 0 saturated carbocycles. The lowest BCUT2D eigenvalue weighted by Crippen LogP contribution is -2.26. The molecule has 2 rings (SSSR count). The van der Waals surface area contributed by atoms with Crippen LogP contribution in [-0.4, -0.2) is 31.7 Å². The standard InChI is InChI=1S/C12H13BrFNO4S/c13-10-1-2-11(9(4-10)6-16)15-5-8(3-12(15)17)7-20(14,18)19/h1-2,4,8,16H,3,5-7H2. The number of aliphatic hydroxyl groups excluding tert-OH is 1. The zero-order valence-electron chi connectivity index (χ0n) is 10.4. The predicted molar refractivity (Wildman–Crippen MR) is 75.4 cm³/mol. The molecule has 1 heterocycles. The molecule has 1 amide bonds.